The lowest BCUT2D eigenvalue weighted by atomic mass is 10.1. The van der Waals surface area contributed by atoms with Crippen molar-refractivity contribution in [3.63, 3.8) is 0 Å². The third-order valence-corrected chi connectivity index (χ3v) is 6.87. The zero-order valence-corrected chi connectivity index (χ0v) is 16.7. The molecular weight excluding hydrogens is 373 g/mol. The van der Waals surface area contributed by atoms with Crippen molar-refractivity contribution in [2.24, 2.45) is 5.92 Å². The number of carbonyl (C=O) groups is 1. The third kappa shape index (κ3) is 3.81. The summed E-state index contributed by atoms with van der Waals surface area (Å²) in [5.41, 5.74) is 0. The molecule has 1 aromatic rings. The molecule has 3 rings (SSSR count). The van der Waals surface area contributed by atoms with Crippen molar-refractivity contribution in [3.05, 3.63) is 30.1 Å². The second-order valence-corrected chi connectivity index (χ2v) is 9.22. The molecule has 2 atom stereocenters. The maximum Gasteiger partial charge on any atom is 0.321 e. The summed E-state index contributed by atoms with van der Waals surface area (Å²) < 4.78 is 46.3. The van der Waals surface area contributed by atoms with Gasteiger partial charge in [0, 0.05) is 25.7 Å². The average Bonchev–Trinajstić information content (AvgIpc) is 3.00. The summed E-state index contributed by atoms with van der Waals surface area (Å²) in [5.74, 6) is -0.594. The van der Waals surface area contributed by atoms with Gasteiger partial charge in [0.15, 0.2) is 0 Å². The summed E-state index contributed by atoms with van der Waals surface area (Å²) in [6, 6.07) is 4.36. The van der Waals surface area contributed by atoms with Gasteiger partial charge >= 0.3 is 6.03 Å². The number of benzene rings is 1. The molecule has 2 fully saturated rings. The first-order chi connectivity index (χ1) is 12.7. The van der Waals surface area contributed by atoms with Gasteiger partial charge in [-0.25, -0.2) is 17.6 Å². The number of hydrogen-bond donors (Lipinski definition) is 0. The van der Waals surface area contributed by atoms with Crippen LogP contribution >= 0.6 is 0 Å². The largest absolute Gasteiger partial charge is 0.378 e. The fourth-order valence-corrected chi connectivity index (χ4v) is 5.50. The van der Waals surface area contributed by atoms with Crippen molar-refractivity contribution in [2.45, 2.75) is 37.9 Å². The Labute approximate surface area is 159 Å². The van der Waals surface area contributed by atoms with Gasteiger partial charge in [0.05, 0.1) is 18.1 Å². The van der Waals surface area contributed by atoms with E-state index in [1.165, 1.54) is 16.4 Å². The van der Waals surface area contributed by atoms with Crippen LogP contribution in [0.15, 0.2) is 29.2 Å². The van der Waals surface area contributed by atoms with E-state index in [2.05, 4.69) is 0 Å². The summed E-state index contributed by atoms with van der Waals surface area (Å²) in [4.78, 5) is 16.5. The van der Waals surface area contributed by atoms with Gasteiger partial charge < -0.3 is 14.5 Å². The SMILES string of the molecule is CC(C)C1N(C(=O)N2CCOCC2)C(C)CN1S(=O)(=O)c1ccc(F)cc1. The van der Waals surface area contributed by atoms with Gasteiger partial charge in [-0.05, 0) is 37.1 Å². The van der Waals surface area contributed by atoms with E-state index in [1.807, 2.05) is 20.8 Å². The highest BCUT2D eigenvalue weighted by atomic mass is 32.2. The van der Waals surface area contributed by atoms with E-state index in [9.17, 15) is 17.6 Å². The predicted octanol–water partition coefficient (Wildman–Crippen LogP) is 1.95. The van der Waals surface area contributed by atoms with E-state index in [4.69, 9.17) is 4.74 Å². The van der Waals surface area contributed by atoms with E-state index in [-0.39, 0.29) is 29.4 Å². The van der Waals surface area contributed by atoms with Crippen LogP contribution < -0.4 is 0 Å². The van der Waals surface area contributed by atoms with Crippen LogP contribution in [0.25, 0.3) is 0 Å². The first-order valence-electron chi connectivity index (χ1n) is 9.16. The Hall–Kier alpha value is -1.71. The number of urea groups is 1. The highest BCUT2D eigenvalue weighted by Crippen LogP contribution is 2.32. The highest BCUT2D eigenvalue weighted by molar-refractivity contribution is 7.89. The predicted molar refractivity (Wildman–Crippen MR) is 98.0 cm³/mol. The molecule has 27 heavy (non-hydrogen) atoms. The fraction of sp³-hybridized carbons (Fsp3) is 0.611. The average molecular weight is 399 g/mol. The topological polar surface area (TPSA) is 70.2 Å². The molecule has 2 heterocycles. The van der Waals surface area contributed by atoms with E-state index in [0.29, 0.717) is 26.3 Å². The minimum atomic E-state index is -3.85. The fourth-order valence-electron chi connectivity index (χ4n) is 3.71. The molecule has 2 unspecified atom stereocenters. The summed E-state index contributed by atoms with van der Waals surface area (Å²) in [7, 11) is -3.85. The number of rotatable bonds is 3. The molecule has 9 heteroatoms. The van der Waals surface area contributed by atoms with E-state index < -0.39 is 22.0 Å². The van der Waals surface area contributed by atoms with Crippen LogP contribution in [0.1, 0.15) is 20.8 Å². The molecular formula is C18H26FN3O4S. The zero-order valence-electron chi connectivity index (χ0n) is 15.8. The molecule has 0 radical (unpaired) electrons. The number of halogens is 1. The summed E-state index contributed by atoms with van der Waals surface area (Å²) in [5, 5.41) is 0. The van der Waals surface area contributed by atoms with Crippen LogP contribution in [0, 0.1) is 11.7 Å². The molecule has 150 valence electrons. The first kappa shape index (κ1) is 20.0. The first-order valence-corrected chi connectivity index (χ1v) is 10.6. The second kappa shape index (κ2) is 7.73. The molecule has 2 aliphatic heterocycles. The van der Waals surface area contributed by atoms with Crippen LogP contribution in [-0.4, -0.2) is 73.6 Å². The Morgan fingerprint density at radius 1 is 1.19 bits per heavy atom. The van der Waals surface area contributed by atoms with Gasteiger partial charge in [0.1, 0.15) is 12.0 Å². The Kier molecular flexibility index (Phi) is 5.73. The summed E-state index contributed by atoms with van der Waals surface area (Å²) >= 11 is 0. The second-order valence-electron chi connectivity index (χ2n) is 7.32. The smallest absolute Gasteiger partial charge is 0.321 e. The van der Waals surface area contributed by atoms with Crippen LogP contribution in [0.5, 0.6) is 0 Å². The van der Waals surface area contributed by atoms with E-state index in [0.717, 1.165) is 12.1 Å². The van der Waals surface area contributed by atoms with Gasteiger partial charge in [-0.1, -0.05) is 13.8 Å². The Morgan fingerprint density at radius 2 is 1.78 bits per heavy atom. The van der Waals surface area contributed by atoms with Gasteiger partial charge in [0.2, 0.25) is 10.0 Å². The number of ether oxygens (including phenoxy) is 1. The van der Waals surface area contributed by atoms with E-state index >= 15 is 0 Å². The lowest BCUT2D eigenvalue weighted by Crippen LogP contribution is -2.55. The van der Waals surface area contributed by atoms with Crippen LogP contribution in [0.2, 0.25) is 0 Å². The maximum atomic E-state index is 13.2. The van der Waals surface area contributed by atoms with Crippen LogP contribution in [-0.2, 0) is 14.8 Å². The number of amides is 2. The number of nitrogens with zero attached hydrogens (tertiary/aromatic N) is 3. The standard InChI is InChI=1S/C18H26FN3O4S/c1-13(2)17-21(27(24,25)16-6-4-15(19)5-7-16)12-14(3)22(17)18(23)20-8-10-26-11-9-20/h4-7,13-14,17H,8-12H2,1-3H3. The Morgan fingerprint density at radius 3 is 2.33 bits per heavy atom. The van der Waals surface area contributed by atoms with Crippen molar-refractivity contribution in [3.8, 4) is 0 Å². The Balaban J connectivity index is 1.92. The molecule has 7 nitrogen and oxygen atoms in total. The molecule has 0 aliphatic carbocycles. The molecule has 0 N–H and O–H groups in total. The quantitative estimate of drug-likeness (QED) is 0.779. The normalized spacial score (nSPS) is 24.6. The van der Waals surface area contributed by atoms with Crippen LogP contribution in [0.3, 0.4) is 0 Å². The molecule has 0 spiro atoms. The van der Waals surface area contributed by atoms with Gasteiger partial charge in [-0.3, -0.25) is 0 Å². The molecule has 2 amide bonds. The molecule has 2 aliphatic rings. The monoisotopic (exact) mass is 399 g/mol. The number of morpholine rings is 1. The molecule has 2 saturated heterocycles. The minimum absolute atomic E-state index is 0.0300. The van der Waals surface area contributed by atoms with Gasteiger partial charge in [-0.15, -0.1) is 0 Å². The minimum Gasteiger partial charge on any atom is -0.378 e. The van der Waals surface area contributed by atoms with Crippen molar-refractivity contribution in [1.29, 1.82) is 0 Å². The van der Waals surface area contributed by atoms with Crippen molar-refractivity contribution in [2.75, 3.05) is 32.8 Å². The third-order valence-electron chi connectivity index (χ3n) is 5.02. The van der Waals surface area contributed by atoms with Crippen molar-refractivity contribution < 1.29 is 22.3 Å². The van der Waals surface area contributed by atoms with Gasteiger partial charge in [-0.2, -0.15) is 4.31 Å². The number of hydrogen-bond acceptors (Lipinski definition) is 4. The Bertz CT molecular complexity index is 778. The summed E-state index contributed by atoms with van der Waals surface area (Å²) in [6.45, 7) is 7.82. The van der Waals surface area contributed by atoms with Crippen molar-refractivity contribution >= 4 is 16.1 Å². The van der Waals surface area contributed by atoms with Crippen LogP contribution in [0.4, 0.5) is 9.18 Å². The lowest BCUT2D eigenvalue weighted by Gasteiger charge is -2.38. The van der Waals surface area contributed by atoms with Crippen molar-refractivity contribution in [1.82, 2.24) is 14.1 Å². The molecule has 0 bridgehead atoms. The number of sulfonamides is 1. The van der Waals surface area contributed by atoms with Gasteiger partial charge in [0.25, 0.3) is 0 Å². The number of carbonyl (C=O) groups excluding carboxylic acids is 1. The molecule has 1 aromatic carbocycles. The highest BCUT2D eigenvalue weighted by Gasteiger charge is 2.48. The molecule has 0 saturated carbocycles. The zero-order chi connectivity index (χ0) is 19.8. The lowest BCUT2D eigenvalue weighted by molar-refractivity contribution is 0.0334. The summed E-state index contributed by atoms with van der Waals surface area (Å²) in [6.07, 6.45) is -0.592. The molecule has 0 aromatic heterocycles. The maximum absolute atomic E-state index is 13.2. The van der Waals surface area contributed by atoms with E-state index in [1.54, 1.807) is 9.80 Å².